The van der Waals surface area contributed by atoms with E-state index in [0.29, 0.717) is 10.8 Å². The van der Waals surface area contributed by atoms with Crippen LogP contribution in [-0.4, -0.2) is 17.7 Å². The van der Waals surface area contributed by atoms with Gasteiger partial charge in [0.15, 0.2) is 6.73 Å². The molecule has 0 bridgehead atoms. The fourth-order valence-corrected chi connectivity index (χ4v) is 1.84. The van der Waals surface area contributed by atoms with E-state index in [9.17, 15) is 4.79 Å². The van der Waals surface area contributed by atoms with Crippen LogP contribution >= 0.6 is 11.6 Å². The summed E-state index contributed by atoms with van der Waals surface area (Å²) < 4.78 is 5.54. The molecule has 2 rings (SSSR count). The molecular formula is C15H16ClN3O2. The van der Waals surface area contributed by atoms with Gasteiger partial charge in [-0.2, -0.15) is 0 Å². The standard InChI is InChI=1S/C15H16ClN3O2/c1-2-11-5-3-4-6-13(11)21-10-18-15(20)19-14-8-7-12(16)9-17-14/h3-9H,2,10H2,1H3,(H2,17,18,19,20). The SMILES string of the molecule is CCc1ccccc1OCNC(=O)Nc1ccc(Cl)cn1. The number of anilines is 1. The Morgan fingerprint density at radius 1 is 1.29 bits per heavy atom. The quantitative estimate of drug-likeness (QED) is 0.832. The van der Waals surface area contributed by atoms with Gasteiger partial charge >= 0.3 is 6.03 Å². The van der Waals surface area contributed by atoms with Crippen LogP contribution < -0.4 is 15.4 Å². The van der Waals surface area contributed by atoms with E-state index >= 15 is 0 Å². The Balaban J connectivity index is 1.80. The summed E-state index contributed by atoms with van der Waals surface area (Å²) >= 11 is 5.72. The van der Waals surface area contributed by atoms with Gasteiger partial charge in [0, 0.05) is 6.20 Å². The van der Waals surface area contributed by atoms with Crippen molar-refractivity contribution in [3.8, 4) is 5.75 Å². The molecular weight excluding hydrogens is 290 g/mol. The number of nitrogens with zero attached hydrogens (tertiary/aromatic N) is 1. The maximum absolute atomic E-state index is 11.7. The van der Waals surface area contributed by atoms with Crippen LogP contribution in [0.15, 0.2) is 42.6 Å². The molecule has 5 nitrogen and oxygen atoms in total. The second-order valence-corrected chi connectivity index (χ2v) is 4.68. The lowest BCUT2D eigenvalue weighted by atomic mass is 10.1. The largest absolute Gasteiger partial charge is 0.473 e. The molecule has 2 N–H and O–H groups in total. The smallest absolute Gasteiger partial charge is 0.323 e. The molecule has 1 heterocycles. The van der Waals surface area contributed by atoms with E-state index in [4.69, 9.17) is 16.3 Å². The average molecular weight is 306 g/mol. The highest BCUT2D eigenvalue weighted by molar-refractivity contribution is 6.30. The van der Waals surface area contributed by atoms with Gasteiger partial charge in [-0.3, -0.25) is 5.32 Å². The topological polar surface area (TPSA) is 63.2 Å². The summed E-state index contributed by atoms with van der Waals surface area (Å²) in [4.78, 5) is 15.6. The summed E-state index contributed by atoms with van der Waals surface area (Å²) in [5.41, 5.74) is 1.10. The van der Waals surface area contributed by atoms with Crippen LogP contribution in [0.4, 0.5) is 10.6 Å². The number of amides is 2. The van der Waals surface area contributed by atoms with Crippen molar-refractivity contribution in [2.24, 2.45) is 0 Å². The first-order valence-corrected chi connectivity index (χ1v) is 6.94. The van der Waals surface area contributed by atoms with E-state index in [2.05, 4.69) is 22.5 Å². The summed E-state index contributed by atoms with van der Waals surface area (Å²) in [6.07, 6.45) is 2.34. The molecule has 2 aromatic rings. The van der Waals surface area contributed by atoms with Gasteiger partial charge in [0.2, 0.25) is 0 Å². The lowest BCUT2D eigenvalue weighted by molar-refractivity contribution is 0.234. The highest BCUT2D eigenvalue weighted by Gasteiger charge is 2.04. The van der Waals surface area contributed by atoms with Gasteiger partial charge in [-0.15, -0.1) is 0 Å². The predicted molar refractivity (Wildman–Crippen MR) is 82.7 cm³/mol. The van der Waals surface area contributed by atoms with Crippen molar-refractivity contribution in [3.63, 3.8) is 0 Å². The third kappa shape index (κ3) is 4.65. The van der Waals surface area contributed by atoms with Crippen molar-refractivity contribution in [3.05, 3.63) is 53.2 Å². The molecule has 0 spiro atoms. The van der Waals surface area contributed by atoms with Crippen LogP contribution in [0, 0.1) is 0 Å². The number of benzene rings is 1. The minimum absolute atomic E-state index is 0.0798. The molecule has 0 fully saturated rings. The van der Waals surface area contributed by atoms with Gasteiger partial charge in [0.1, 0.15) is 11.6 Å². The monoisotopic (exact) mass is 305 g/mol. The highest BCUT2D eigenvalue weighted by Crippen LogP contribution is 2.17. The van der Waals surface area contributed by atoms with Gasteiger partial charge in [-0.05, 0) is 30.2 Å². The molecule has 110 valence electrons. The van der Waals surface area contributed by atoms with Crippen molar-refractivity contribution < 1.29 is 9.53 Å². The number of carbonyl (C=O) groups excluding carboxylic acids is 1. The van der Waals surface area contributed by atoms with E-state index in [1.807, 2.05) is 24.3 Å². The second-order valence-electron chi connectivity index (χ2n) is 4.24. The summed E-state index contributed by atoms with van der Waals surface area (Å²) in [7, 11) is 0. The molecule has 6 heteroatoms. The molecule has 0 aliphatic heterocycles. The zero-order valence-corrected chi connectivity index (χ0v) is 12.4. The molecule has 0 atom stereocenters. The maximum Gasteiger partial charge on any atom is 0.323 e. The molecule has 21 heavy (non-hydrogen) atoms. The fraction of sp³-hybridized carbons (Fsp3) is 0.200. The molecule has 2 amide bonds. The number of aryl methyl sites for hydroxylation is 1. The minimum atomic E-state index is -0.390. The van der Waals surface area contributed by atoms with E-state index < -0.39 is 0 Å². The van der Waals surface area contributed by atoms with Crippen LogP contribution in [0.3, 0.4) is 0 Å². The van der Waals surface area contributed by atoms with Gasteiger partial charge in [0.25, 0.3) is 0 Å². The molecule has 0 aliphatic rings. The molecule has 0 unspecified atom stereocenters. The maximum atomic E-state index is 11.7. The van der Waals surface area contributed by atoms with Crippen LogP contribution in [-0.2, 0) is 6.42 Å². The lowest BCUT2D eigenvalue weighted by Crippen LogP contribution is -2.32. The van der Waals surface area contributed by atoms with Gasteiger partial charge in [-0.25, -0.2) is 9.78 Å². The molecule has 1 aromatic heterocycles. The third-order valence-electron chi connectivity index (χ3n) is 2.78. The number of hydrogen-bond acceptors (Lipinski definition) is 3. The van der Waals surface area contributed by atoms with E-state index in [0.717, 1.165) is 17.7 Å². The highest BCUT2D eigenvalue weighted by atomic mass is 35.5. The van der Waals surface area contributed by atoms with Crippen molar-refractivity contribution in [1.82, 2.24) is 10.3 Å². The van der Waals surface area contributed by atoms with Crippen LogP contribution in [0.2, 0.25) is 5.02 Å². The van der Waals surface area contributed by atoms with E-state index in [-0.39, 0.29) is 12.8 Å². The summed E-state index contributed by atoms with van der Waals surface area (Å²) in [6, 6.07) is 10.6. The number of ether oxygens (including phenoxy) is 1. The Morgan fingerprint density at radius 2 is 2.10 bits per heavy atom. The number of rotatable bonds is 5. The first-order chi connectivity index (χ1) is 10.2. The zero-order chi connectivity index (χ0) is 15.1. The molecule has 0 radical (unpaired) electrons. The minimum Gasteiger partial charge on any atom is -0.473 e. The number of para-hydroxylation sites is 1. The third-order valence-corrected chi connectivity index (χ3v) is 3.01. The van der Waals surface area contributed by atoms with Gasteiger partial charge < -0.3 is 10.1 Å². The Labute approximate surface area is 128 Å². The number of carbonyl (C=O) groups is 1. The fourth-order valence-electron chi connectivity index (χ4n) is 1.73. The number of aromatic nitrogens is 1. The summed E-state index contributed by atoms with van der Waals surface area (Å²) in [5.74, 6) is 1.19. The van der Waals surface area contributed by atoms with Crippen molar-refractivity contribution >= 4 is 23.4 Å². The number of hydrogen-bond donors (Lipinski definition) is 2. The Morgan fingerprint density at radius 3 is 2.81 bits per heavy atom. The number of nitrogens with one attached hydrogen (secondary N) is 2. The number of halogens is 1. The molecule has 0 saturated heterocycles. The Bertz CT molecular complexity index is 602. The Hall–Kier alpha value is -2.27. The predicted octanol–water partition coefficient (Wildman–Crippen LogP) is 3.46. The average Bonchev–Trinajstić information content (AvgIpc) is 2.50. The lowest BCUT2D eigenvalue weighted by Gasteiger charge is -2.11. The van der Waals surface area contributed by atoms with Crippen molar-refractivity contribution in [2.75, 3.05) is 12.0 Å². The van der Waals surface area contributed by atoms with Gasteiger partial charge in [0.05, 0.1) is 5.02 Å². The van der Waals surface area contributed by atoms with Crippen LogP contribution in [0.5, 0.6) is 5.75 Å². The number of pyridine rings is 1. The second kappa shape index (κ2) is 7.50. The normalized spacial score (nSPS) is 10.0. The van der Waals surface area contributed by atoms with E-state index in [1.165, 1.54) is 6.20 Å². The van der Waals surface area contributed by atoms with Crippen molar-refractivity contribution in [2.45, 2.75) is 13.3 Å². The van der Waals surface area contributed by atoms with Gasteiger partial charge in [-0.1, -0.05) is 36.7 Å². The molecule has 1 aromatic carbocycles. The first kappa shape index (κ1) is 15.1. The van der Waals surface area contributed by atoms with Crippen LogP contribution in [0.25, 0.3) is 0 Å². The molecule has 0 aliphatic carbocycles. The summed E-state index contributed by atoms with van der Waals surface area (Å²) in [6.45, 7) is 2.13. The van der Waals surface area contributed by atoms with Crippen molar-refractivity contribution in [1.29, 1.82) is 0 Å². The summed E-state index contributed by atoms with van der Waals surface area (Å²) in [5, 5.41) is 5.70. The Kier molecular flexibility index (Phi) is 5.40. The van der Waals surface area contributed by atoms with E-state index in [1.54, 1.807) is 12.1 Å². The van der Waals surface area contributed by atoms with Crippen LogP contribution in [0.1, 0.15) is 12.5 Å². The number of urea groups is 1. The zero-order valence-electron chi connectivity index (χ0n) is 11.6. The first-order valence-electron chi connectivity index (χ1n) is 6.56. The molecule has 0 saturated carbocycles.